The van der Waals surface area contributed by atoms with Crippen LogP contribution in [-0.2, 0) is 5.75 Å². The van der Waals surface area contributed by atoms with Crippen molar-refractivity contribution in [3.05, 3.63) is 88.0 Å². The van der Waals surface area contributed by atoms with Gasteiger partial charge in [-0.1, -0.05) is 30.0 Å². The molecule has 5 aromatic rings. The smallest absolute Gasteiger partial charge is 0.258 e. The number of benzene rings is 1. The zero-order valence-electron chi connectivity index (χ0n) is 16.0. The lowest BCUT2D eigenvalue weighted by molar-refractivity contribution is 0.879. The predicted molar refractivity (Wildman–Crippen MR) is 118 cm³/mol. The molecule has 0 spiro atoms. The summed E-state index contributed by atoms with van der Waals surface area (Å²) in [6.07, 6.45) is 5.25. The minimum absolute atomic E-state index is 0.0757. The van der Waals surface area contributed by atoms with Crippen LogP contribution >= 0.6 is 23.1 Å². The molecule has 0 radical (unpaired) electrons. The fourth-order valence-corrected chi connectivity index (χ4v) is 4.75. The summed E-state index contributed by atoms with van der Waals surface area (Å²) in [5.41, 5.74) is 3.64. The first kappa shape index (κ1) is 18.7. The van der Waals surface area contributed by atoms with Crippen molar-refractivity contribution in [1.82, 2.24) is 29.1 Å². The second-order valence-electron chi connectivity index (χ2n) is 6.60. The van der Waals surface area contributed by atoms with Gasteiger partial charge in [0.2, 0.25) is 0 Å². The van der Waals surface area contributed by atoms with Crippen molar-refractivity contribution in [3.8, 4) is 17.1 Å². The Labute approximate surface area is 180 Å². The van der Waals surface area contributed by atoms with Crippen molar-refractivity contribution >= 4 is 28.1 Å². The van der Waals surface area contributed by atoms with E-state index in [1.54, 1.807) is 29.1 Å². The molecule has 148 valence electrons. The number of pyridine rings is 1. The van der Waals surface area contributed by atoms with Gasteiger partial charge in [0.15, 0.2) is 15.9 Å². The Bertz CT molecular complexity index is 1390. The highest BCUT2D eigenvalue weighted by atomic mass is 32.2. The Morgan fingerprint density at radius 2 is 2.03 bits per heavy atom. The van der Waals surface area contributed by atoms with Crippen LogP contribution in [0.3, 0.4) is 0 Å². The number of hydrogen-bond acceptors (Lipinski definition) is 7. The van der Waals surface area contributed by atoms with E-state index in [1.165, 1.54) is 23.1 Å². The number of aromatic nitrogens is 6. The summed E-state index contributed by atoms with van der Waals surface area (Å²) >= 11 is 2.95. The Hall–Kier alpha value is -3.30. The molecule has 0 atom stereocenters. The van der Waals surface area contributed by atoms with E-state index in [0.717, 1.165) is 33.5 Å². The predicted octanol–water partition coefficient (Wildman–Crippen LogP) is 4.00. The van der Waals surface area contributed by atoms with Crippen LogP contribution in [0, 0.1) is 6.92 Å². The standard InChI is InChI=1S/C21H16N6OS2/c1-14-5-2-3-7-17(14)27-19(15-6-4-8-22-12-15)24-25-21(27)30-13-16-11-18(28)26-9-10-29-20(26)23-16/h2-12H,13H2,1H3. The number of rotatable bonds is 5. The van der Waals surface area contributed by atoms with E-state index in [2.05, 4.69) is 33.2 Å². The lowest BCUT2D eigenvalue weighted by atomic mass is 10.2. The Balaban J connectivity index is 1.55. The van der Waals surface area contributed by atoms with E-state index in [4.69, 9.17) is 0 Å². The van der Waals surface area contributed by atoms with Gasteiger partial charge in [-0.2, -0.15) is 0 Å². The minimum Gasteiger partial charge on any atom is -0.270 e. The topological polar surface area (TPSA) is 78.0 Å². The van der Waals surface area contributed by atoms with Gasteiger partial charge >= 0.3 is 0 Å². The summed E-state index contributed by atoms with van der Waals surface area (Å²) in [7, 11) is 0. The molecule has 5 rings (SSSR count). The zero-order chi connectivity index (χ0) is 20.5. The van der Waals surface area contributed by atoms with Crippen LogP contribution in [0.25, 0.3) is 22.0 Å². The summed E-state index contributed by atoms with van der Waals surface area (Å²) in [4.78, 5) is 21.8. The molecule has 30 heavy (non-hydrogen) atoms. The average Bonchev–Trinajstić information content (AvgIpc) is 3.40. The second-order valence-corrected chi connectivity index (χ2v) is 8.42. The number of nitrogens with zero attached hydrogens (tertiary/aromatic N) is 6. The number of hydrogen-bond donors (Lipinski definition) is 0. The fourth-order valence-electron chi connectivity index (χ4n) is 3.18. The highest BCUT2D eigenvalue weighted by Crippen LogP contribution is 2.30. The molecule has 0 unspecified atom stereocenters. The van der Waals surface area contributed by atoms with E-state index in [-0.39, 0.29) is 5.56 Å². The third-order valence-corrected chi connectivity index (χ3v) is 6.33. The van der Waals surface area contributed by atoms with Gasteiger partial charge < -0.3 is 0 Å². The van der Waals surface area contributed by atoms with Crippen LogP contribution in [-0.4, -0.2) is 29.1 Å². The van der Waals surface area contributed by atoms with Crippen molar-refractivity contribution in [1.29, 1.82) is 0 Å². The molecule has 1 aromatic carbocycles. The minimum atomic E-state index is -0.0757. The molecule has 4 aromatic heterocycles. The molecule has 0 aliphatic carbocycles. The van der Waals surface area contributed by atoms with Crippen molar-refractivity contribution in [2.75, 3.05) is 0 Å². The molecule has 7 nitrogen and oxygen atoms in total. The summed E-state index contributed by atoms with van der Waals surface area (Å²) < 4.78 is 3.59. The van der Waals surface area contributed by atoms with Crippen molar-refractivity contribution in [2.45, 2.75) is 17.8 Å². The van der Waals surface area contributed by atoms with Gasteiger partial charge in [0.05, 0.1) is 11.4 Å². The first-order valence-corrected chi connectivity index (χ1v) is 11.1. The van der Waals surface area contributed by atoms with Crippen molar-refractivity contribution < 1.29 is 0 Å². The summed E-state index contributed by atoms with van der Waals surface area (Å²) in [6.45, 7) is 2.06. The van der Waals surface area contributed by atoms with Crippen LogP contribution in [0.15, 0.2) is 76.4 Å². The maximum absolute atomic E-state index is 12.3. The molecule has 4 heterocycles. The molecule has 0 bridgehead atoms. The van der Waals surface area contributed by atoms with Crippen molar-refractivity contribution in [3.63, 3.8) is 0 Å². The number of thiazole rings is 1. The van der Waals surface area contributed by atoms with E-state index in [9.17, 15) is 4.79 Å². The maximum atomic E-state index is 12.3. The lowest BCUT2D eigenvalue weighted by Gasteiger charge is -2.12. The molecular formula is C21H16N6OS2. The number of fused-ring (bicyclic) bond motifs is 1. The van der Waals surface area contributed by atoms with E-state index in [1.807, 2.05) is 40.3 Å². The van der Waals surface area contributed by atoms with Crippen LogP contribution in [0.5, 0.6) is 0 Å². The first-order chi connectivity index (χ1) is 14.7. The van der Waals surface area contributed by atoms with Crippen LogP contribution in [0.4, 0.5) is 0 Å². The first-order valence-electron chi connectivity index (χ1n) is 9.21. The molecule has 0 N–H and O–H groups in total. The molecule has 0 saturated carbocycles. The number of aryl methyl sites for hydroxylation is 1. The Kier molecular flexibility index (Phi) is 4.89. The van der Waals surface area contributed by atoms with Gasteiger partial charge in [-0.3, -0.25) is 18.7 Å². The maximum Gasteiger partial charge on any atom is 0.258 e. The SMILES string of the molecule is Cc1ccccc1-n1c(SCc2cc(=O)n3ccsc3n2)nnc1-c1cccnc1. The van der Waals surface area contributed by atoms with Gasteiger partial charge in [-0.15, -0.1) is 21.5 Å². The summed E-state index contributed by atoms with van der Waals surface area (Å²) in [6, 6.07) is 13.5. The van der Waals surface area contributed by atoms with Crippen LogP contribution < -0.4 is 5.56 Å². The Morgan fingerprint density at radius 1 is 1.13 bits per heavy atom. The molecule has 0 saturated heterocycles. The van der Waals surface area contributed by atoms with Gasteiger partial charge in [0.1, 0.15) is 0 Å². The van der Waals surface area contributed by atoms with Crippen LogP contribution in [0.1, 0.15) is 11.3 Å². The summed E-state index contributed by atoms with van der Waals surface area (Å²) in [5, 5.41) is 11.5. The van der Waals surface area contributed by atoms with Crippen molar-refractivity contribution in [2.24, 2.45) is 0 Å². The third kappa shape index (κ3) is 3.42. The van der Waals surface area contributed by atoms with Crippen LogP contribution in [0.2, 0.25) is 0 Å². The van der Waals surface area contributed by atoms with E-state index in [0.29, 0.717) is 10.7 Å². The highest BCUT2D eigenvalue weighted by Gasteiger charge is 2.18. The number of thioether (sulfide) groups is 1. The average molecular weight is 433 g/mol. The van der Waals surface area contributed by atoms with Gasteiger partial charge in [0.25, 0.3) is 5.56 Å². The molecule has 0 aliphatic heterocycles. The van der Waals surface area contributed by atoms with Gasteiger partial charge in [0, 0.05) is 41.4 Å². The highest BCUT2D eigenvalue weighted by molar-refractivity contribution is 7.98. The van der Waals surface area contributed by atoms with Gasteiger partial charge in [-0.25, -0.2) is 4.98 Å². The molecule has 9 heteroatoms. The monoisotopic (exact) mass is 432 g/mol. The lowest BCUT2D eigenvalue weighted by Crippen LogP contribution is -2.12. The largest absolute Gasteiger partial charge is 0.270 e. The van der Waals surface area contributed by atoms with E-state index >= 15 is 0 Å². The molecule has 0 aliphatic rings. The molecule has 0 amide bonds. The Morgan fingerprint density at radius 3 is 2.87 bits per heavy atom. The zero-order valence-corrected chi connectivity index (χ0v) is 17.6. The normalized spacial score (nSPS) is 11.2. The summed E-state index contributed by atoms with van der Waals surface area (Å²) in [5.74, 6) is 1.24. The molecular weight excluding hydrogens is 416 g/mol. The van der Waals surface area contributed by atoms with Gasteiger partial charge in [-0.05, 0) is 30.7 Å². The third-order valence-electron chi connectivity index (χ3n) is 4.61. The fraction of sp³-hybridized carbons (Fsp3) is 0.0952. The number of para-hydroxylation sites is 1. The quantitative estimate of drug-likeness (QED) is 0.391. The molecule has 0 fully saturated rings. The second kappa shape index (κ2) is 7.85. The van der Waals surface area contributed by atoms with E-state index < -0.39 is 0 Å².